The van der Waals surface area contributed by atoms with Crippen LogP contribution in [0.1, 0.15) is 38.2 Å². The van der Waals surface area contributed by atoms with E-state index in [1.165, 1.54) is 12.1 Å². The highest BCUT2D eigenvalue weighted by Crippen LogP contribution is 2.30. The average Bonchev–Trinajstić information content (AvgIpc) is 2.41. The summed E-state index contributed by atoms with van der Waals surface area (Å²) in [6.45, 7) is 2.08. The van der Waals surface area contributed by atoms with Crippen molar-refractivity contribution in [3.05, 3.63) is 29.8 Å². The third kappa shape index (κ3) is 4.37. The number of amides is 2. The lowest BCUT2D eigenvalue weighted by Gasteiger charge is -2.29. The monoisotopic (exact) mass is 300 g/mol. The van der Waals surface area contributed by atoms with Gasteiger partial charge in [-0.1, -0.05) is 25.8 Å². The number of urea groups is 1. The molecule has 1 aromatic carbocycles. The second-order valence-corrected chi connectivity index (χ2v) is 5.55. The summed E-state index contributed by atoms with van der Waals surface area (Å²) in [7, 11) is 0. The van der Waals surface area contributed by atoms with Crippen molar-refractivity contribution in [2.24, 2.45) is 5.92 Å². The Labute approximate surface area is 121 Å². The van der Waals surface area contributed by atoms with Gasteiger partial charge in [0, 0.05) is 11.7 Å². The molecule has 2 atom stereocenters. The first-order valence-electron chi connectivity index (χ1n) is 7.11. The third-order valence-electron chi connectivity index (χ3n) is 3.88. The summed E-state index contributed by atoms with van der Waals surface area (Å²) in [5, 5.41) is 5.32. The molecular weight excluding hydrogens is 281 g/mol. The maximum atomic E-state index is 12.6. The van der Waals surface area contributed by atoms with E-state index in [4.69, 9.17) is 0 Å². The zero-order valence-electron chi connectivity index (χ0n) is 11.8. The van der Waals surface area contributed by atoms with Gasteiger partial charge >= 0.3 is 12.2 Å². The number of anilines is 1. The van der Waals surface area contributed by atoms with Crippen molar-refractivity contribution in [2.45, 2.75) is 44.8 Å². The minimum absolute atomic E-state index is 0.0875. The fourth-order valence-corrected chi connectivity index (χ4v) is 2.64. The molecule has 0 saturated heterocycles. The molecule has 1 aliphatic rings. The largest absolute Gasteiger partial charge is 0.416 e. The minimum Gasteiger partial charge on any atom is -0.335 e. The quantitative estimate of drug-likeness (QED) is 0.834. The summed E-state index contributed by atoms with van der Waals surface area (Å²) in [5.41, 5.74) is -0.628. The Kier molecular flexibility index (Phi) is 4.75. The first-order chi connectivity index (χ1) is 9.86. The lowest BCUT2D eigenvalue weighted by molar-refractivity contribution is -0.137. The van der Waals surface area contributed by atoms with Gasteiger partial charge in [0.2, 0.25) is 0 Å². The standard InChI is InChI=1S/C15H19F3N2O/c1-10-5-2-3-8-13(10)20-14(21)19-12-7-4-6-11(9-12)15(16,17)18/h4,6-7,9-10,13H,2-3,5,8H2,1H3,(H2,19,20,21)/t10-,13+/m0/s1. The molecular formula is C15H19F3N2O. The maximum absolute atomic E-state index is 12.6. The summed E-state index contributed by atoms with van der Waals surface area (Å²) in [5.74, 6) is 0.394. The van der Waals surface area contributed by atoms with E-state index in [1.807, 2.05) is 0 Å². The lowest BCUT2D eigenvalue weighted by Crippen LogP contribution is -2.43. The molecule has 0 heterocycles. The minimum atomic E-state index is -4.41. The molecule has 1 aromatic rings. The van der Waals surface area contributed by atoms with Crippen LogP contribution in [-0.4, -0.2) is 12.1 Å². The van der Waals surface area contributed by atoms with Crippen molar-refractivity contribution in [2.75, 3.05) is 5.32 Å². The molecule has 116 valence electrons. The van der Waals surface area contributed by atoms with Crippen LogP contribution in [0.4, 0.5) is 23.7 Å². The van der Waals surface area contributed by atoms with Crippen LogP contribution in [0.15, 0.2) is 24.3 Å². The molecule has 6 heteroatoms. The molecule has 0 radical (unpaired) electrons. The van der Waals surface area contributed by atoms with Crippen LogP contribution in [0, 0.1) is 5.92 Å². The maximum Gasteiger partial charge on any atom is 0.416 e. The highest BCUT2D eigenvalue weighted by atomic mass is 19.4. The van der Waals surface area contributed by atoms with Gasteiger partial charge in [0.1, 0.15) is 0 Å². The van der Waals surface area contributed by atoms with Crippen LogP contribution in [0.5, 0.6) is 0 Å². The number of rotatable bonds is 2. The first kappa shape index (κ1) is 15.7. The van der Waals surface area contributed by atoms with Gasteiger partial charge in [-0.25, -0.2) is 4.79 Å². The molecule has 0 aliphatic heterocycles. The van der Waals surface area contributed by atoms with Gasteiger partial charge in [0.15, 0.2) is 0 Å². The van der Waals surface area contributed by atoms with Gasteiger partial charge in [0.25, 0.3) is 0 Å². The molecule has 0 unspecified atom stereocenters. The van der Waals surface area contributed by atoms with E-state index < -0.39 is 17.8 Å². The predicted octanol–water partition coefficient (Wildman–Crippen LogP) is 4.41. The molecule has 1 fully saturated rings. The van der Waals surface area contributed by atoms with Gasteiger partial charge in [-0.3, -0.25) is 0 Å². The Morgan fingerprint density at radius 2 is 1.95 bits per heavy atom. The fourth-order valence-electron chi connectivity index (χ4n) is 2.64. The third-order valence-corrected chi connectivity index (χ3v) is 3.88. The van der Waals surface area contributed by atoms with Crippen LogP contribution < -0.4 is 10.6 Å². The Bertz CT molecular complexity index is 502. The van der Waals surface area contributed by atoms with Gasteiger partial charge in [-0.05, 0) is 37.0 Å². The number of hydrogen-bond donors (Lipinski definition) is 2. The lowest BCUT2D eigenvalue weighted by atomic mass is 9.86. The number of halogens is 3. The topological polar surface area (TPSA) is 41.1 Å². The molecule has 0 aromatic heterocycles. The summed E-state index contributed by atoms with van der Waals surface area (Å²) in [4.78, 5) is 11.9. The molecule has 2 amide bonds. The molecule has 1 aliphatic carbocycles. The number of carbonyl (C=O) groups is 1. The van der Waals surface area contributed by atoms with Crippen molar-refractivity contribution >= 4 is 11.7 Å². The van der Waals surface area contributed by atoms with E-state index in [9.17, 15) is 18.0 Å². The van der Waals surface area contributed by atoms with Crippen molar-refractivity contribution in [1.29, 1.82) is 0 Å². The van der Waals surface area contributed by atoms with Gasteiger partial charge < -0.3 is 10.6 Å². The Hall–Kier alpha value is -1.72. The normalized spacial score (nSPS) is 22.7. The number of nitrogens with one attached hydrogen (secondary N) is 2. The molecule has 1 saturated carbocycles. The molecule has 3 nitrogen and oxygen atoms in total. The SMILES string of the molecule is C[C@H]1CCCC[C@H]1NC(=O)Nc1cccc(C(F)(F)F)c1. The van der Waals surface area contributed by atoms with Crippen molar-refractivity contribution in [3.63, 3.8) is 0 Å². The van der Waals surface area contributed by atoms with E-state index in [0.29, 0.717) is 5.92 Å². The van der Waals surface area contributed by atoms with Crippen molar-refractivity contribution in [1.82, 2.24) is 5.32 Å². The van der Waals surface area contributed by atoms with Crippen LogP contribution in [-0.2, 0) is 6.18 Å². The van der Waals surface area contributed by atoms with Crippen LogP contribution in [0.3, 0.4) is 0 Å². The van der Waals surface area contributed by atoms with Crippen LogP contribution >= 0.6 is 0 Å². The van der Waals surface area contributed by atoms with Crippen LogP contribution in [0.25, 0.3) is 0 Å². The van der Waals surface area contributed by atoms with Gasteiger partial charge in [0.05, 0.1) is 5.56 Å². The highest BCUT2D eigenvalue weighted by molar-refractivity contribution is 5.89. The van der Waals surface area contributed by atoms with Gasteiger partial charge in [-0.15, -0.1) is 0 Å². The van der Waals surface area contributed by atoms with E-state index in [-0.39, 0.29) is 11.7 Å². The number of benzene rings is 1. The Balaban J connectivity index is 1.96. The molecule has 2 N–H and O–H groups in total. The number of alkyl halides is 3. The van der Waals surface area contributed by atoms with Crippen molar-refractivity contribution < 1.29 is 18.0 Å². The van der Waals surface area contributed by atoms with E-state index in [1.54, 1.807) is 0 Å². The predicted molar refractivity (Wildman–Crippen MR) is 75.0 cm³/mol. The summed E-state index contributed by atoms with van der Waals surface area (Å²) >= 11 is 0. The Morgan fingerprint density at radius 1 is 1.24 bits per heavy atom. The van der Waals surface area contributed by atoms with Gasteiger partial charge in [-0.2, -0.15) is 13.2 Å². The highest BCUT2D eigenvalue weighted by Gasteiger charge is 2.30. The smallest absolute Gasteiger partial charge is 0.335 e. The molecule has 21 heavy (non-hydrogen) atoms. The first-order valence-corrected chi connectivity index (χ1v) is 7.11. The number of hydrogen-bond acceptors (Lipinski definition) is 1. The second kappa shape index (κ2) is 6.37. The average molecular weight is 300 g/mol. The molecule has 0 bridgehead atoms. The Morgan fingerprint density at radius 3 is 2.62 bits per heavy atom. The van der Waals surface area contributed by atoms with E-state index in [0.717, 1.165) is 37.8 Å². The molecule has 2 rings (SSSR count). The van der Waals surface area contributed by atoms with Crippen LogP contribution in [0.2, 0.25) is 0 Å². The van der Waals surface area contributed by atoms with E-state index >= 15 is 0 Å². The molecule has 0 spiro atoms. The van der Waals surface area contributed by atoms with Crippen molar-refractivity contribution in [3.8, 4) is 0 Å². The zero-order valence-corrected chi connectivity index (χ0v) is 11.8. The van der Waals surface area contributed by atoms with E-state index in [2.05, 4.69) is 17.6 Å². The zero-order chi connectivity index (χ0) is 15.5. The summed E-state index contributed by atoms with van der Waals surface area (Å²) < 4.78 is 37.8. The fraction of sp³-hybridized carbons (Fsp3) is 0.533. The summed E-state index contributed by atoms with van der Waals surface area (Å²) in [6, 6.07) is 4.27. The summed E-state index contributed by atoms with van der Waals surface area (Å²) in [6.07, 6.45) is -0.203. The second-order valence-electron chi connectivity index (χ2n) is 5.55. The number of carbonyl (C=O) groups excluding carboxylic acids is 1.